The lowest BCUT2D eigenvalue weighted by Gasteiger charge is -2.11. The lowest BCUT2D eigenvalue weighted by Crippen LogP contribution is -2.14. The first-order valence-corrected chi connectivity index (χ1v) is 5.29. The molecule has 16 heavy (non-hydrogen) atoms. The fraction of sp³-hybridized carbons (Fsp3) is 0.333. The van der Waals surface area contributed by atoms with Crippen molar-refractivity contribution < 1.29 is 0 Å². The third-order valence-corrected chi connectivity index (χ3v) is 2.34. The van der Waals surface area contributed by atoms with E-state index >= 15 is 0 Å². The van der Waals surface area contributed by atoms with E-state index < -0.39 is 0 Å². The van der Waals surface area contributed by atoms with Gasteiger partial charge >= 0.3 is 0 Å². The van der Waals surface area contributed by atoms with E-state index in [4.69, 9.17) is 0 Å². The molecule has 0 bridgehead atoms. The summed E-state index contributed by atoms with van der Waals surface area (Å²) in [6, 6.07) is 8.03. The molecule has 2 aromatic rings. The van der Waals surface area contributed by atoms with Crippen LogP contribution in [0.4, 0.5) is 5.82 Å². The van der Waals surface area contributed by atoms with Crippen LogP contribution in [-0.2, 0) is 6.54 Å². The van der Waals surface area contributed by atoms with Crippen LogP contribution in [0.15, 0.2) is 24.3 Å². The maximum atomic E-state index is 4.53. The van der Waals surface area contributed by atoms with E-state index in [1.165, 1.54) is 0 Å². The minimum absolute atomic E-state index is 0.750. The van der Waals surface area contributed by atoms with Crippen LogP contribution < -0.4 is 5.32 Å². The summed E-state index contributed by atoms with van der Waals surface area (Å²) >= 11 is 0. The molecule has 4 heteroatoms. The van der Waals surface area contributed by atoms with E-state index in [1.54, 1.807) is 0 Å². The van der Waals surface area contributed by atoms with Crippen LogP contribution in [0.2, 0.25) is 0 Å². The first-order valence-electron chi connectivity index (χ1n) is 5.29. The van der Waals surface area contributed by atoms with Crippen LogP contribution in [0, 0.1) is 0 Å². The van der Waals surface area contributed by atoms with Gasteiger partial charge in [0, 0.05) is 12.4 Å². The summed E-state index contributed by atoms with van der Waals surface area (Å²) in [7, 11) is 5.91. The highest BCUT2D eigenvalue weighted by molar-refractivity contribution is 5.88. The lowest BCUT2D eigenvalue weighted by molar-refractivity contribution is 0.391. The van der Waals surface area contributed by atoms with Crippen molar-refractivity contribution in [3.05, 3.63) is 30.1 Å². The summed E-state index contributed by atoms with van der Waals surface area (Å²) in [6.45, 7) is 0.750. The van der Waals surface area contributed by atoms with Crippen LogP contribution in [0.25, 0.3) is 10.9 Å². The molecule has 0 radical (unpaired) electrons. The van der Waals surface area contributed by atoms with E-state index in [-0.39, 0.29) is 0 Å². The van der Waals surface area contributed by atoms with Gasteiger partial charge in [0.25, 0.3) is 0 Å². The van der Waals surface area contributed by atoms with Crippen LogP contribution >= 0.6 is 0 Å². The van der Waals surface area contributed by atoms with Gasteiger partial charge in [0.1, 0.15) is 11.6 Å². The second-order valence-corrected chi connectivity index (χ2v) is 3.99. The summed E-state index contributed by atoms with van der Waals surface area (Å²) in [4.78, 5) is 11.1. The Morgan fingerprint density at radius 3 is 2.62 bits per heavy atom. The number of hydrogen-bond donors (Lipinski definition) is 1. The molecular weight excluding hydrogens is 200 g/mol. The molecule has 0 spiro atoms. The summed E-state index contributed by atoms with van der Waals surface area (Å²) in [5, 5.41) is 4.18. The largest absolute Gasteiger partial charge is 0.373 e. The van der Waals surface area contributed by atoms with Gasteiger partial charge in [-0.3, -0.25) is 0 Å². The van der Waals surface area contributed by atoms with Gasteiger partial charge in [-0.25, -0.2) is 9.97 Å². The van der Waals surface area contributed by atoms with Crippen molar-refractivity contribution in [2.75, 3.05) is 26.5 Å². The van der Waals surface area contributed by atoms with Crippen molar-refractivity contribution in [3.8, 4) is 0 Å². The van der Waals surface area contributed by atoms with Crippen LogP contribution in [-0.4, -0.2) is 36.0 Å². The number of nitrogens with one attached hydrogen (secondary N) is 1. The first kappa shape index (κ1) is 10.8. The Morgan fingerprint density at radius 2 is 1.94 bits per heavy atom. The van der Waals surface area contributed by atoms with Crippen molar-refractivity contribution >= 4 is 16.7 Å². The van der Waals surface area contributed by atoms with Crippen LogP contribution in [0.3, 0.4) is 0 Å². The molecule has 1 aromatic carbocycles. The van der Waals surface area contributed by atoms with Gasteiger partial charge in [0.2, 0.25) is 0 Å². The summed E-state index contributed by atoms with van der Waals surface area (Å²) in [6.07, 6.45) is 0. The van der Waals surface area contributed by atoms with Crippen molar-refractivity contribution in [2.24, 2.45) is 0 Å². The van der Waals surface area contributed by atoms with Gasteiger partial charge in [-0.1, -0.05) is 12.1 Å². The van der Waals surface area contributed by atoms with Crippen molar-refractivity contribution in [1.29, 1.82) is 0 Å². The minimum atomic E-state index is 0.750. The van der Waals surface area contributed by atoms with Crippen LogP contribution in [0.5, 0.6) is 0 Å². The van der Waals surface area contributed by atoms with E-state index in [9.17, 15) is 0 Å². The number of aromatic nitrogens is 2. The van der Waals surface area contributed by atoms with E-state index in [0.717, 1.165) is 29.1 Å². The Hall–Kier alpha value is -1.68. The van der Waals surface area contributed by atoms with Gasteiger partial charge in [-0.05, 0) is 26.2 Å². The predicted molar refractivity (Wildman–Crippen MR) is 66.5 cm³/mol. The highest BCUT2D eigenvalue weighted by Gasteiger charge is 2.06. The SMILES string of the molecule is CNc1nc(CN(C)C)nc2ccccc12. The number of fused-ring (bicyclic) bond motifs is 1. The maximum absolute atomic E-state index is 4.53. The number of benzene rings is 1. The topological polar surface area (TPSA) is 41.1 Å². The van der Waals surface area contributed by atoms with Crippen molar-refractivity contribution in [3.63, 3.8) is 0 Å². The zero-order valence-electron chi connectivity index (χ0n) is 9.86. The molecule has 0 fully saturated rings. The average molecular weight is 216 g/mol. The quantitative estimate of drug-likeness (QED) is 0.848. The molecule has 0 unspecified atom stereocenters. The van der Waals surface area contributed by atoms with Crippen molar-refractivity contribution in [2.45, 2.75) is 6.54 Å². The molecule has 1 aromatic heterocycles. The summed E-state index contributed by atoms with van der Waals surface area (Å²) < 4.78 is 0. The van der Waals surface area contributed by atoms with Gasteiger partial charge < -0.3 is 10.2 Å². The fourth-order valence-corrected chi connectivity index (χ4v) is 1.67. The molecule has 4 nitrogen and oxygen atoms in total. The third kappa shape index (κ3) is 2.12. The molecule has 1 heterocycles. The van der Waals surface area contributed by atoms with Gasteiger partial charge in [-0.2, -0.15) is 0 Å². The molecule has 0 saturated heterocycles. The molecule has 0 aliphatic heterocycles. The third-order valence-electron chi connectivity index (χ3n) is 2.34. The number of hydrogen-bond acceptors (Lipinski definition) is 4. The highest BCUT2D eigenvalue weighted by Crippen LogP contribution is 2.19. The standard InChI is InChI=1S/C12H16N4/c1-13-12-9-6-4-5-7-10(9)14-11(15-12)8-16(2)3/h4-7H,8H2,1-3H3,(H,13,14,15). The Bertz CT molecular complexity index is 493. The second-order valence-electron chi connectivity index (χ2n) is 3.99. The molecular formula is C12H16N4. The smallest absolute Gasteiger partial charge is 0.145 e. The number of anilines is 1. The van der Waals surface area contributed by atoms with Crippen molar-refractivity contribution in [1.82, 2.24) is 14.9 Å². The Morgan fingerprint density at radius 1 is 1.19 bits per heavy atom. The molecule has 0 aliphatic rings. The average Bonchev–Trinajstić information content (AvgIpc) is 2.27. The first-order chi connectivity index (χ1) is 7.70. The second kappa shape index (κ2) is 4.45. The zero-order valence-corrected chi connectivity index (χ0v) is 9.86. The zero-order chi connectivity index (χ0) is 11.5. The molecule has 0 saturated carbocycles. The molecule has 0 aliphatic carbocycles. The van der Waals surface area contributed by atoms with Crippen LogP contribution in [0.1, 0.15) is 5.82 Å². The number of rotatable bonds is 3. The minimum Gasteiger partial charge on any atom is -0.373 e. The number of para-hydroxylation sites is 1. The summed E-state index contributed by atoms with van der Waals surface area (Å²) in [5.74, 6) is 1.73. The monoisotopic (exact) mass is 216 g/mol. The van der Waals surface area contributed by atoms with E-state index in [0.29, 0.717) is 0 Å². The van der Waals surface area contributed by atoms with E-state index in [1.807, 2.05) is 45.4 Å². The summed E-state index contributed by atoms with van der Waals surface area (Å²) in [5.41, 5.74) is 0.985. The highest BCUT2D eigenvalue weighted by atomic mass is 15.1. The molecule has 0 amide bonds. The number of nitrogens with zero attached hydrogens (tertiary/aromatic N) is 3. The molecule has 2 rings (SSSR count). The normalized spacial score (nSPS) is 11.0. The Labute approximate surface area is 95.3 Å². The fourth-order valence-electron chi connectivity index (χ4n) is 1.67. The van der Waals surface area contributed by atoms with Gasteiger partial charge in [-0.15, -0.1) is 0 Å². The lowest BCUT2D eigenvalue weighted by atomic mass is 10.2. The Balaban J connectivity index is 2.54. The van der Waals surface area contributed by atoms with Gasteiger partial charge in [0.05, 0.1) is 12.1 Å². The Kier molecular flexibility index (Phi) is 3.01. The molecule has 1 N–H and O–H groups in total. The van der Waals surface area contributed by atoms with E-state index in [2.05, 4.69) is 20.2 Å². The molecule has 84 valence electrons. The maximum Gasteiger partial charge on any atom is 0.145 e. The predicted octanol–water partition coefficient (Wildman–Crippen LogP) is 1.73. The van der Waals surface area contributed by atoms with Gasteiger partial charge in [0.15, 0.2) is 0 Å². The molecule has 0 atom stereocenters.